The highest BCUT2D eigenvalue weighted by Gasteiger charge is 2.07. The number of nitrogens with two attached hydrogens (primary N) is 2. The third-order valence-electron chi connectivity index (χ3n) is 1.73. The van der Waals surface area contributed by atoms with Crippen LogP contribution in [0.25, 0.3) is 0 Å². The molecule has 0 spiro atoms. The van der Waals surface area contributed by atoms with Gasteiger partial charge >= 0.3 is 0 Å². The monoisotopic (exact) mass is 236 g/mol. The normalized spacial score (nSPS) is 13.1. The Hall–Kier alpha value is -0.620. The molecule has 0 saturated heterocycles. The first-order chi connectivity index (χ1) is 5.91. The molecule has 0 saturated carbocycles. The standard InChI is InChI=1S/C8H12N2O2S.ClH/c1-6(9)7-2-4-8(5-3-7)13(10,11)12;/h2-6H,9H2,1H3,(H2,10,11,12);1H/t6-;/m0./s1. The van der Waals surface area contributed by atoms with Crippen LogP contribution in [0.1, 0.15) is 18.5 Å². The maximum absolute atomic E-state index is 10.9. The highest BCUT2D eigenvalue weighted by molar-refractivity contribution is 7.89. The summed E-state index contributed by atoms with van der Waals surface area (Å²) < 4.78 is 21.7. The van der Waals surface area contributed by atoms with Gasteiger partial charge in [-0.25, -0.2) is 13.6 Å². The fourth-order valence-electron chi connectivity index (χ4n) is 0.961. The summed E-state index contributed by atoms with van der Waals surface area (Å²) in [5.74, 6) is 0. The van der Waals surface area contributed by atoms with Gasteiger partial charge in [0.25, 0.3) is 0 Å². The molecule has 14 heavy (non-hydrogen) atoms. The number of rotatable bonds is 2. The summed E-state index contributed by atoms with van der Waals surface area (Å²) in [6.45, 7) is 1.83. The third kappa shape index (κ3) is 3.26. The van der Waals surface area contributed by atoms with E-state index in [1.165, 1.54) is 12.1 Å². The summed E-state index contributed by atoms with van der Waals surface area (Å²) in [4.78, 5) is 0.108. The van der Waals surface area contributed by atoms with Crippen molar-refractivity contribution in [2.75, 3.05) is 0 Å². The van der Waals surface area contributed by atoms with E-state index in [0.29, 0.717) is 0 Å². The van der Waals surface area contributed by atoms with E-state index < -0.39 is 10.0 Å². The van der Waals surface area contributed by atoms with E-state index in [-0.39, 0.29) is 23.3 Å². The summed E-state index contributed by atoms with van der Waals surface area (Å²) in [5.41, 5.74) is 6.47. The van der Waals surface area contributed by atoms with E-state index in [9.17, 15) is 8.42 Å². The van der Waals surface area contributed by atoms with Crippen LogP contribution in [0.5, 0.6) is 0 Å². The molecule has 0 bridgehead atoms. The van der Waals surface area contributed by atoms with Crippen molar-refractivity contribution in [3.05, 3.63) is 29.8 Å². The molecule has 1 aromatic rings. The molecular formula is C8H13ClN2O2S. The number of hydrogen-bond acceptors (Lipinski definition) is 3. The van der Waals surface area contributed by atoms with E-state index >= 15 is 0 Å². The molecule has 6 heteroatoms. The Morgan fingerprint density at radius 1 is 1.21 bits per heavy atom. The quantitative estimate of drug-likeness (QED) is 0.796. The van der Waals surface area contributed by atoms with Gasteiger partial charge < -0.3 is 5.73 Å². The molecule has 1 rings (SSSR count). The van der Waals surface area contributed by atoms with Crippen LogP contribution in [0, 0.1) is 0 Å². The van der Waals surface area contributed by atoms with Crippen molar-refractivity contribution in [1.29, 1.82) is 0 Å². The highest BCUT2D eigenvalue weighted by Crippen LogP contribution is 2.12. The van der Waals surface area contributed by atoms with Gasteiger partial charge in [0.2, 0.25) is 10.0 Å². The van der Waals surface area contributed by atoms with Crippen LogP contribution in [0.4, 0.5) is 0 Å². The van der Waals surface area contributed by atoms with Crippen molar-refractivity contribution in [2.24, 2.45) is 10.9 Å². The minimum absolute atomic E-state index is 0. The zero-order valence-electron chi connectivity index (χ0n) is 7.67. The van der Waals surface area contributed by atoms with Crippen molar-refractivity contribution < 1.29 is 8.42 Å². The zero-order chi connectivity index (χ0) is 10.1. The van der Waals surface area contributed by atoms with Crippen molar-refractivity contribution in [1.82, 2.24) is 0 Å². The lowest BCUT2D eigenvalue weighted by Gasteiger charge is -2.05. The van der Waals surface area contributed by atoms with E-state index in [1.807, 2.05) is 6.92 Å². The van der Waals surface area contributed by atoms with Gasteiger partial charge in [-0.2, -0.15) is 0 Å². The lowest BCUT2D eigenvalue weighted by Crippen LogP contribution is -2.12. The minimum Gasteiger partial charge on any atom is -0.324 e. The van der Waals surface area contributed by atoms with E-state index in [4.69, 9.17) is 10.9 Å². The van der Waals surface area contributed by atoms with Crippen LogP contribution in [-0.4, -0.2) is 8.42 Å². The van der Waals surface area contributed by atoms with Crippen molar-refractivity contribution >= 4 is 22.4 Å². The van der Waals surface area contributed by atoms with Crippen LogP contribution in [0.15, 0.2) is 29.2 Å². The summed E-state index contributed by atoms with van der Waals surface area (Å²) in [7, 11) is -3.59. The fourth-order valence-corrected chi connectivity index (χ4v) is 1.48. The molecule has 1 atom stereocenters. The Balaban J connectivity index is 0.00000169. The first kappa shape index (κ1) is 13.4. The lowest BCUT2D eigenvalue weighted by molar-refractivity contribution is 0.597. The Labute approximate surface area is 89.8 Å². The van der Waals surface area contributed by atoms with Gasteiger partial charge in [-0.15, -0.1) is 12.4 Å². The molecular weight excluding hydrogens is 224 g/mol. The van der Waals surface area contributed by atoms with Crippen LogP contribution < -0.4 is 10.9 Å². The molecule has 4 nitrogen and oxygen atoms in total. The van der Waals surface area contributed by atoms with Crippen LogP contribution in [-0.2, 0) is 10.0 Å². The Bertz CT molecular complexity index is 386. The van der Waals surface area contributed by atoms with E-state index in [0.717, 1.165) is 5.56 Å². The number of sulfonamides is 1. The van der Waals surface area contributed by atoms with E-state index in [1.54, 1.807) is 12.1 Å². The fraction of sp³-hybridized carbons (Fsp3) is 0.250. The Morgan fingerprint density at radius 2 is 1.64 bits per heavy atom. The second kappa shape index (κ2) is 4.75. The van der Waals surface area contributed by atoms with Gasteiger partial charge in [0.1, 0.15) is 0 Å². The number of hydrogen-bond donors (Lipinski definition) is 2. The Morgan fingerprint density at radius 3 is 1.93 bits per heavy atom. The lowest BCUT2D eigenvalue weighted by atomic mass is 10.1. The maximum Gasteiger partial charge on any atom is 0.238 e. The molecule has 0 amide bonds. The topological polar surface area (TPSA) is 86.2 Å². The summed E-state index contributed by atoms with van der Waals surface area (Å²) in [6.07, 6.45) is 0. The first-order valence-electron chi connectivity index (χ1n) is 3.79. The summed E-state index contributed by atoms with van der Waals surface area (Å²) in [5, 5.41) is 4.92. The van der Waals surface area contributed by atoms with Crippen LogP contribution >= 0.6 is 12.4 Å². The molecule has 80 valence electrons. The smallest absolute Gasteiger partial charge is 0.238 e. The Kier molecular flexibility index (Phi) is 4.54. The molecule has 0 aromatic heterocycles. The molecule has 4 N–H and O–H groups in total. The molecule has 0 radical (unpaired) electrons. The SMILES string of the molecule is C[C@H](N)c1ccc(S(N)(=O)=O)cc1.Cl. The van der Waals surface area contributed by atoms with E-state index in [2.05, 4.69) is 0 Å². The largest absolute Gasteiger partial charge is 0.324 e. The van der Waals surface area contributed by atoms with Gasteiger partial charge in [-0.05, 0) is 24.6 Å². The van der Waals surface area contributed by atoms with Crippen molar-refractivity contribution in [3.8, 4) is 0 Å². The van der Waals surface area contributed by atoms with Gasteiger partial charge in [-0.3, -0.25) is 0 Å². The predicted molar refractivity (Wildman–Crippen MR) is 57.7 cm³/mol. The molecule has 0 heterocycles. The second-order valence-electron chi connectivity index (χ2n) is 2.90. The molecule has 0 aliphatic heterocycles. The number of primary sulfonamides is 1. The average molecular weight is 237 g/mol. The number of benzene rings is 1. The first-order valence-corrected chi connectivity index (χ1v) is 5.34. The van der Waals surface area contributed by atoms with Crippen molar-refractivity contribution in [2.45, 2.75) is 17.9 Å². The molecule has 0 unspecified atom stereocenters. The van der Waals surface area contributed by atoms with Gasteiger partial charge in [0.15, 0.2) is 0 Å². The second-order valence-corrected chi connectivity index (χ2v) is 4.46. The average Bonchev–Trinajstić information content (AvgIpc) is 2.03. The predicted octanol–water partition coefficient (Wildman–Crippen LogP) is 0.776. The summed E-state index contributed by atoms with van der Waals surface area (Å²) >= 11 is 0. The minimum atomic E-state index is -3.59. The molecule has 1 aromatic carbocycles. The van der Waals surface area contributed by atoms with Crippen molar-refractivity contribution in [3.63, 3.8) is 0 Å². The van der Waals surface area contributed by atoms with Crippen LogP contribution in [0.2, 0.25) is 0 Å². The molecule has 0 aliphatic rings. The van der Waals surface area contributed by atoms with Gasteiger partial charge in [0, 0.05) is 6.04 Å². The molecule has 0 fully saturated rings. The van der Waals surface area contributed by atoms with Crippen LogP contribution in [0.3, 0.4) is 0 Å². The number of halogens is 1. The van der Waals surface area contributed by atoms with Gasteiger partial charge in [-0.1, -0.05) is 12.1 Å². The highest BCUT2D eigenvalue weighted by atomic mass is 35.5. The maximum atomic E-state index is 10.9. The van der Waals surface area contributed by atoms with Gasteiger partial charge in [0.05, 0.1) is 4.90 Å². The molecule has 0 aliphatic carbocycles. The zero-order valence-corrected chi connectivity index (χ0v) is 9.31. The summed E-state index contributed by atoms with van der Waals surface area (Å²) in [6, 6.07) is 6.12. The third-order valence-corrected chi connectivity index (χ3v) is 2.66.